The number of aromatic amines is 1. The van der Waals surface area contributed by atoms with Crippen molar-refractivity contribution in [3.8, 4) is 5.69 Å². The van der Waals surface area contributed by atoms with E-state index < -0.39 is 17.3 Å². The Bertz CT molecular complexity index is 1590. The Morgan fingerprint density at radius 2 is 2.03 bits per heavy atom. The number of benzene rings is 1. The molecule has 4 heterocycles. The number of aromatic nitrogens is 5. The van der Waals surface area contributed by atoms with Crippen LogP contribution in [0.15, 0.2) is 47.7 Å². The molecule has 2 atom stereocenters. The van der Waals surface area contributed by atoms with E-state index in [2.05, 4.69) is 20.1 Å². The van der Waals surface area contributed by atoms with E-state index in [9.17, 15) is 18.0 Å². The van der Waals surface area contributed by atoms with Gasteiger partial charge in [-0.3, -0.25) is 14.3 Å². The lowest BCUT2D eigenvalue weighted by Gasteiger charge is -2.41. The third-order valence-corrected chi connectivity index (χ3v) is 8.93. The molecule has 1 aromatic carbocycles. The molecule has 0 spiro atoms. The molecule has 38 heavy (non-hydrogen) atoms. The number of aryl methyl sites for hydroxylation is 1. The Morgan fingerprint density at radius 1 is 1.18 bits per heavy atom. The van der Waals surface area contributed by atoms with Crippen molar-refractivity contribution in [2.45, 2.75) is 62.7 Å². The van der Waals surface area contributed by atoms with Crippen LogP contribution in [0, 0.1) is 5.92 Å². The largest absolute Gasteiger partial charge is 0.418 e. The zero-order valence-corrected chi connectivity index (χ0v) is 21.1. The maximum Gasteiger partial charge on any atom is 0.418 e. The average Bonchev–Trinajstić information content (AvgIpc) is 3.36. The molecule has 2 aliphatic carbocycles. The topological polar surface area (TPSA) is 71.7 Å². The lowest BCUT2D eigenvalue weighted by Crippen LogP contribution is -2.38. The van der Waals surface area contributed by atoms with Gasteiger partial charge in [0.05, 0.1) is 11.0 Å². The molecule has 3 aromatic heterocycles. The number of likely N-dealkylation sites (tertiary alicyclic amines) is 1. The summed E-state index contributed by atoms with van der Waals surface area (Å²) < 4.78 is 45.9. The lowest BCUT2D eigenvalue weighted by atomic mass is 9.63. The first kappa shape index (κ1) is 23.7. The number of hydrogen-bond acceptors (Lipinski definition) is 4. The molecule has 3 fully saturated rings. The normalized spacial score (nSPS) is 22.8. The number of fused-ring (bicyclic) bond motifs is 2. The summed E-state index contributed by atoms with van der Waals surface area (Å²) in [5.41, 5.74) is 0.315. The van der Waals surface area contributed by atoms with Gasteiger partial charge in [-0.25, -0.2) is 0 Å². The highest BCUT2D eigenvalue weighted by atomic mass is 19.4. The van der Waals surface area contributed by atoms with Gasteiger partial charge in [0.2, 0.25) is 0 Å². The van der Waals surface area contributed by atoms with E-state index in [1.165, 1.54) is 12.5 Å². The van der Waals surface area contributed by atoms with Gasteiger partial charge in [0.15, 0.2) is 0 Å². The van der Waals surface area contributed by atoms with Crippen LogP contribution >= 0.6 is 0 Å². The second-order valence-corrected chi connectivity index (χ2v) is 11.2. The maximum absolute atomic E-state index is 14.3. The maximum atomic E-state index is 14.3. The minimum atomic E-state index is -4.61. The van der Waals surface area contributed by atoms with E-state index in [-0.39, 0.29) is 16.3 Å². The smallest absolute Gasteiger partial charge is 0.353 e. The Labute approximate surface area is 217 Å². The molecule has 3 aliphatic rings. The quantitative estimate of drug-likeness (QED) is 0.404. The van der Waals surface area contributed by atoms with Crippen molar-refractivity contribution in [2.75, 3.05) is 6.54 Å². The third-order valence-electron chi connectivity index (χ3n) is 8.93. The summed E-state index contributed by atoms with van der Waals surface area (Å²) in [6.07, 6.45) is 4.25. The number of nitrogens with zero attached hydrogens (tertiary/aromatic N) is 5. The zero-order valence-electron chi connectivity index (χ0n) is 21.1. The number of hydrogen-bond donors (Lipinski definition) is 1. The van der Waals surface area contributed by atoms with E-state index in [0.29, 0.717) is 29.9 Å². The highest BCUT2D eigenvalue weighted by Gasteiger charge is 2.45. The van der Waals surface area contributed by atoms with Crippen molar-refractivity contribution in [1.82, 2.24) is 29.2 Å². The van der Waals surface area contributed by atoms with Crippen molar-refractivity contribution in [3.63, 3.8) is 0 Å². The van der Waals surface area contributed by atoms with Crippen LogP contribution in [-0.4, -0.2) is 41.8 Å². The first-order valence-electron chi connectivity index (χ1n) is 13.3. The number of H-pyrrole nitrogens is 1. The predicted octanol–water partition coefficient (Wildman–Crippen LogP) is 4.92. The summed E-state index contributed by atoms with van der Waals surface area (Å²) in [7, 11) is 1.89. The highest BCUT2D eigenvalue weighted by molar-refractivity contribution is 5.84. The van der Waals surface area contributed by atoms with Crippen LogP contribution in [0.4, 0.5) is 13.2 Å². The number of piperidine rings is 1. The SMILES string of the molecule is Cn1cnnc1C1(c2cccc(-n3cc(C(F)(F)F)c4cc(CN5CCC[C@@H]6C[C@@H]65)[nH]c4c3=O)c2)CCC1. The van der Waals surface area contributed by atoms with Gasteiger partial charge in [-0.05, 0) is 68.3 Å². The number of pyridine rings is 1. The van der Waals surface area contributed by atoms with Gasteiger partial charge in [0.25, 0.3) is 5.56 Å². The van der Waals surface area contributed by atoms with Gasteiger partial charge in [-0.2, -0.15) is 13.2 Å². The van der Waals surface area contributed by atoms with Gasteiger partial charge in [-0.1, -0.05) is 18.6 Å². The summed E-state index contributed by atoms with van der Waals surface area (Å²) in [4.78, 5) is 19.0. The van der Waals surface area contributed by atoms with Gasteiger partial charge in [-0.15, -0.1) is 10.2 Å². The molecule has 7 rings (SSSR count). The zero-order chi connectivity index (χ0) is 26.2. The number of nitrogens with one attached hydrogen (secondary N) is 1. The fourth-order valence-corrected chi connectivity index (χ4v) is 6.74. The Kier molecular flexibility index (Phi) is 5.17. The molecular formula is C28H29F3N6O. The standard InChI is InChI=1S/C28H29F3N6O/c1-35-16-32-34-26(35)27(8-4-9-27)18-6-2-7-20(12-18)37-15-22(28(29,30)31)21-13-19(33-24(21)25(37)38)14-36-10-3-5-17-11-23(17)36/h2,6-7,12-13,15-17,23,33H,3-5,8-11,14H2,1H3/t17-,23+/m1/s1. The van der Waals surface area contributed by atoms with Crippen LogP contribution in [0.1, 0.15) is 61.2 Å². The number of rotatable bonds is 5. The van der Waals surface area contributed by atoms with E-state index in [4.69, 9.17) is 0 Å². The molecule has 0 unspecified atom stereocenters. The second-order valence-electron chi connectivity index (χ2n) is 11.2. The Balaban J connectivity index is 1.33. The molecule has 0 radical (unpaired) electrons. The molecule has 1 saturated heterocycles. The molecule has 7 nitrogen and oxygen atoms in total. The fourth-order valence-electron chi connectivity index (χ4n) is 6.74. The number of halogens is 3. The minimum Gasteiger partial charge on any atom is -0.353 e. The van der Waals surface area contributed by atoms with Crippen molar-refractivity contribution in [3.05, 3.63) is 75.9 Å². The highest BCUT2D eigenvalue weighted by Crippen LogP contribution is 2.48. The Hall–Kier alpha value is -3.40. The molecule has 4 aromatic rings. The van der Waals surface area contributed by atoms with Crippen molar-refractivity contribution >= 4 is 10.9 Å². The van der Waals surface area contributed by atoms with Crippen molar-refractivity contribution in [1.29, 1.82) is 0 Å². The molecular weight excluding hydrogens is 493 g/mol. The van der Waals surface area contributed by atoms with Gasteiger partial charge in [0, 0.05) is 42.6 Å². The summed E-state index contributed by atoms with van der Waals surface area (Å²) in [5, 5.41) is 8.31. The van der Waals surface area contributed by atoms with E-state index in [1.54, 1.807) is 18.5 Å². The monoisotopic (exact) mass is 522 g/mol. The molecule has 1 aliphatic heterocycles. The molecule has 1 N–H and O–H groups in total. The second kappa shape index (κ2) is 8.30. The summed E-state index contributed by atoms with van der Waals surface area (Å²) in [6.45, 7) is 1.47. The van der Waals surface area contributed by atoms with E-state index in [1.807, 2.05) is 23.7 Å². The van der Waals surface area contributed by atoms with Gasteiger partial charge >= 0.3 is 6.18 Å². The summed E-state index contributed by atoms with van der Waals surface area (Å²) in [6, 6.07) is 9.31. The molecule has 0 bridgehead atoms. The van der Waals surface area contributed by atoms with Crippen LogP contribution in [0.5, 0.6) is 0 Å². The Morgan fingerprint density at radius 3 is 2.74 bits per heavy atom. The van der Waals surface area contributed by atoms with E-state index in [0.717, 1.165) is 60.8 Å². The number of alkyl halides is 3. The van der Waals surface area contributed by atoms with Crippen LogP contribution in [-0.2, 0) is 25.2 Å². The minimum absolute atomic E-state index is 0.00348. The summed E-state index contributed by atoms with van der Waals surface area (Å²) in [5.74, 6) is 1.54. The summed E-state index contributed by atoms with van der Waals surface area (Å²) >= 11 is 0. The first-order valence-corrected chi connectivity index (χ1v) is 13.3. The molecule has 0 amide bonds. The average molecular weight is 523 g/mol. The lowest BCUT2D eigenvalue weighted by molar-refractivity contribution is -0.136. The van der Waals surface area contributed by atoms with Crippen molar-refractivity contribution < 1.29 is 13.2 Å². The molecule has 10 heteroatoms. The van der Waals surface area contributed by atoms with Gasteiger partial charge < -0.3 is 9.55 Å². The molecule has 2 saturated carbocycles. The first-order chi connectivity index (χ1) is 18.2. The fraction of sp³-hybridized carbons (Fsp3) is 0.464. The van der Waals surface area contributed by atoms with Crippen molar-refractivity contribution in [2.24, 2.45) is 13.0 Å². The van der Waals surface area contributed by atoms with E-state index >= 15 is 0 Å². The van der Waals surface area contributed by atoms with Crippen LogP contribution in [0.25, 0.3) is 16.6 Å². The van der Waals surface area contributed by atoms with Crippen LogP contribution in [0.3, 0.4) is 0 Å². The van der Waals surface area contributed by atoms with Crippen LogP contribution < -0.4 is 5.56 Å². The van der Waals surface area contributed by atoms with Gasteiger partial charge in [0.1, 0.15) is 17.7 Å². The van der Waals surface area contributed by atoms with Crippen LogP contribution in [0.2, 0.25) is 0 Å². The molecule has 198 valence electrons. The predicted molar refractivity (Wildman–Crippen MR) is 136 cm³/mol. The third kappa shape index (κ3) is 3.64.